The number of nitro benzene ring substituents is 1. The van der Waals surface area contributed by atoms with Gasteiger partial charge in [0.25, 0.3) is 17.5 Å². The predicted molar refractivity (Wildman–Crippen MR) is 190 cm³/mol. The molecule has 0 saturated heterocycles. The van der Waals surface area contributed by atoms with Gasteiger partial charge in [0.1, 0.15) is 5.70 Å². The smallest absolute Gasteiger partial charge is 0.276 e. The summed E-state index contributed by atoms with van der Waals surface area (Å²) in [6.07, 6.45) is 1.86. The molecule has 0 heterocycles. The molecule has 0 saturated carbocycles. The van der Waals surface area contributed by atoms with Gasteiger partial charge in [0.2, 0.25) is 5.91 Å². The van der Waals surface area contributed by atoms with Gasteiger partial charge in [-0.2, -0.15) is 0 Å². The summed E-state index contributed by atoms with van der Waals surface area (Å²) in [4.78, 5) is 54.0. The monoisotopic (exact) mass is 656 g/mol. The standard InChI is InChI=1S/C38H32N4O5S/c1-2-35(38(45)41(30-17-8-4-9-18-30)31-19-10-5-11-20-31)48-32-24-22-29(23-25-32)39-37(44)33(40-36(43)27-14-6-3-7-15-27)26-28-16-12-13-21-34(28)42(46)47/h3-26,35H,2H2,1H3,(H,39,44)(H,40,43)/b33-26+. The van der Waals surface area contributed by atoms with Crippen LogP contribution in [-0.4, -0.2) is 27.9 Å². The van der Waals surface area contributed by atoms with Crippen molar-refractivity contribution in [2.75, 3.05) is 10.2 Å². The first kappa shape index (κ1) is 33.4. The summed E-state index contributed by atoms with van der Waals surface area (Å²) in [6.45, 7) is 1.97. The van der Waals surface area contributed by atoms with Gasteiger partial charge in [-0.05, 0) is 79.2 Å². The maximum atomic E-state index is 13.9. The van der Waals surface area contributed by atoms with Crippen molar-refractivity contribution in [2.45, 2.75) is 23.5 Å². The van der Waals surface area contributed by atoms with E-state index in [1.807, 2.05) is 67.6 Å². The van der Waals surface area contributed by atoms with Crippen molar-refractivity contribution in [3.63, 3.8) is 0 Å². The van der Waals surface area contributed by atoms with Gasteiger partial charge < -0.3 is 10.6 Å². The molecule has 2 N–H and O–H groups in total. The van der Waals surface area contributed by atoms with E-state index in [4.69, 9.17) is 0 Å². The molecule has 240 valence electrons. The summed E-state index contributed by atoms with van der Waals surface area (Å²) in [5, 5.41) is 16.6. The molecule has 10 heteroatoms. The zero-order valence-corrected chi connectivity index (χ0v) is 26.8. The number of anilines is 3. The lowest BCUT2D eigenvalue weighted by atomic mass is 10.1. The van der Waals surface area contributed by atoms with E-state index in [2.05, 4.69) is 10.6 Å². The maximum absolute atomic E-state index is 13.9. The van der Waals surface area contributed by atoms with Crippen molar-refractivity contribution in [2.24, 2.45) is 0 Å². The Bertz CT molecular complexity index is 1880. The molecule has 48 heavy (non-hydrogen) atoms. The second-order valence-corrected chi connectivity index (χ2v) is 11.8. The minimum Gasteiger partial charge on any atom is -0.321 e. The Morgan fingerprint density at radius 3 is 1.88 bits per heavy atom. The van der Waals surface area contributed by atoms with Crippen LogP contribution in [0.5, 0.6) is 0 Å². The Hall–Kier alpha value is -6.00. The highest BCUT2D eigenvalue weighted by Gasteiger charge is 2.27. The van der Waals surface area contributed by atoms with E-state index in [-0.39, 0.29) is 22.9 Å². The van der Waals surface area contributed by atoms with E-state index in [0.717, 1.165) is 16.3 Å². The molecule has 0 aliphatic carbocycles. The van der Waals surface area contributed by atoms with Gasteiger partial charge in [0.05, 0.1) is 15.7 Å². The Morgan fingerprint density at radius 1 is 0.771 bits per heavy atom. The van der Waals surface area contributed by atoms with Crippen molar-refractivity contribution < 1.29 is 19.3 Å². The molecule has 9 nitrogen and oxygen atoms in total. The second kappa shape index (κ2) is 16.0. The summed E-state index contributed by atoms with van der Waals surface area (Å²) < 4.78 is 0. The minimum absolute atomic E-state index is 0.0591. The number of carbonyl (C=O) groups is 3. The first-order chi connectivity index (χ1) is 23.3. The molecular formula is C38H32N4O5S. The van der Waals surface area contributed by atoms with Gasteiger partial charge >= 0.3 is 0 Å². The predicted octanol–water partition coefficient (Wildman–Crippen LogP) is 8.24. The zero-order chi connectivity index (χ0) is 33.9. The van der Waals surface area contributed by atoms with Crippen LogP contribution >= 0.6 is 11.8 Å². The molecule has 0 aliphatic heterocycles. The molecule has 5 aromatic rings. The van der Waals surface area contributed by atoms with Crippen LogP contribution in [0.25, 0.3) is 6.08 Å². The normalized spacial score (nSPS) is 11.6. The summed E-state index contributed by atoms with van der Waals surface area (Å²) in [7, 11) is 0. The summed E-state index contributed by atoms with van der Waals surface area (Å²) >= 11 is 1.42. The molecule has 0 aromatic heterocycles. The van der Waals surface area contributed by atoms with E-state index in [9.17, 15) is 24.5 Å². The number of rotatable bonds is 12. The lowest BCUT2D eigenvalue weighted by Gasteiger charge is -2.27. The van der Waals surface area contributed by atoms with Gasteiger partial charge in [-0.3, -0.25) is 29.4 Å². The minimum atomic E-state index is -0.666. The zero-order valence-electron chi connectivity index (χ0n) is 26.0. The van der Waals surface area contributed by atoms with E-state index in [0.29, 0.717) is 17.7 Å². The highest BCUT2D eigenvalue weighted by atomic mass is 32.2. The Kier molecular flexibility index (Phi) is 11.1. The number of hydrogen-bond donors (Lipinski definition) is 2. The summed E-state index contributed by atoms with van der Waals surface area (Å²) in [5.41, 5.74) is 2.07. The van der Waals surface area contributed by atoms with E-state index in [1.165, 1.54) is 36.0 Å². The van der Waals surface area contributed by atoms with Crippen molar-refractivity contribution in [3.05, 3.63) is 166 Å². The Balaban J connectivity index is 1.34. The van der Waals surface area contributed by atoms with Crippen LogP contribution in [0, 0.1) is 10.1 Å². The SMILES string of the molecule is CCC(Sc1ccc(NC(=O)/C(=C\c2ccccc2[N+](=O)[O-])NC(=O)c2ccccc2)cc1)C(=O)N(c1ccccc1)c1ccccc1. The molecule has 5 aromatic carbocycles. The van der Waals surface area contributed by atoms with E-state index in [1.54, 1.807) is 65.6 Å². The number of benzene rings is 5. The number of nitrogens with one attached hydrogen (secondary N) is 2. The number of thioether (sulfide) groups is 1. The number of amides is 3. The van der Waals surface area contributed by atoms with Gasteiger partial charge in [0, 0.05) is 33.6 Å². The highest BCUT2D eigenvalue weighted by molar-refractivity contribution is 8.00. The molecule has 0 aliphatic rings. The summed E-state index contributed by atoms with van der Waals surface area (Å²) in [6, 6.07) is 40.3. The molecule has 0 bridgehead atoms. The van der Waals surface area contributed by atoms with Crippen LogP contribution in [-0.2, 0) is 9.59 Å². The van der Waals surface area contributed by atoms with E-state index >= 15 is 0 Å². The quantitative estimate of drug-likeness (QED) is 0.0604. The number of hydrogen-bond acceptors (Lipinski definition) is 6. The van der Waals surface area contributed by atoms with Crippen LogP contribution in [0.4, 0.5) is 22.7 Å². The first-order valence-corrected chi connectivity index (χ1v) is 16.1. The van der Waals surface area contributed by atoms with Crippen LogP contribution < -0.4 is 15.5 Å². The molecule has 0 fully saturated rings. The van der Waals surface area contributed by atoms with Gasteiger partial charge in [-0.1, -0.05) is 73.7 Å². The number of carbonyl (C=O) groups excluding carboxylic acids is 3. The second-order valence-electron chi connectivity index (χ2n) is 10.5. The van der Waals surface area contributed by atoms with Crippen molar-refractivity contribution >= 4 is 58.3 Å². The number of nitrogens with zero attached hydrogens (tertiary/aromatic N) is 2. The topological polar surface area (TPSA) is 122 Å². The van der Waals surface area contributed by atoms with Crippen molar-refractivity contribution in [1.82, 2.24) is 5.32 Å². The highest BCUT2D eigenvalue weighted by Crippen LogP contribution is 2.33. The van der Waals surface area contributed by atoms with Crippen molar-refractivity contribution in [1.29, 1.82) is 0 Å². The third-order valence-electron chi connectivity index (χ3n) is 7.25. The van der Waals surface area contributed by atoms with E-state index < -0.39 is 22.0 Å². The average molecular weight is 657 g/mol. The summed E-state index contributed by atoms with van der Waals surface area (Å²) in [5.74, 6) is -1.27. The van der Waals surface area contributed by atoms with Gasteiger partial charge in [-0.25, -0.2) is 0 Å². The van der Waals surface area contributed by atoms with Gasteiger partial charge in [-0.15, -0.1) is 11.8 Å². The van der Waals surface area contributed by atoms with Crippen LogP contribution in [0.2, 0.25) is 0 Å². The fourth-order valence-electron chi connectivity index (χ4n) is 4.86. The molecular weight excluding hydrogens is 625 g/mol. The van der Waals surface area contributed by atoms with Crippen LogP contribution in [0.3, 0.4) is 0 Å². The molecule has 1 atom stereocenters. The molecule has 1 unspecified atom stereocenters. The van der Waals surface area contributed by atoms with Crippen LogP contribution in [0.1, 0.15) is 29.3 Å². The average Bonchev–Trinajstić information content (AvgIpc) is 3.12. The fourth-order valence-corrected chi connectivity index (χ4v) is 5.86. The lowest BCUT2D eigenvalue weighted by molar-refractivity contribution is -0.385. The number of nitro groups is 1. The molecule has 0 radical (unpaired) electrons. The third-order valence-corrected chi connectivity index (χ3v) is 8.61. The third kappa shape index (κ3) is 8.42. The number of para-hydroxylation sites is 3. The first-order valence-electron chi connectivity index (χ1n) is 15.2. The molecule has 3 amide bonds. The Labute approximate surface area is 282 Å². The van der Waals surface area contributed by atoms with Crippen molar-refractivity contribution in [3.8, 4) is 0 Å². The Morgan fingerprint density at radius 2 is 1.31 bits per heavy atom. The van der Waals surface area contributed by atoms with Crippen LogP contribution in [0.15, 0.2) is 150 Å². The molecule has 5 rings (SSSR count). The largest absolute Gasteiger partial charge is 0.321 e. The fraction of sp³-hybridized carbons (Fsp3) is 0.0789. The maximum Gasteiger partial charge on any atom is 0.276 e. The van der Waals surface area contributed by atoms with Gasteiger partial charge in [0.15, 0.2) is 0 Å². The lowest BCUT2D eigenvalue weighted by Crippen LogP contribution is -2.34. The molecule has 0 spiro atoms.